The highest BCUT2D eigenvalue weighted by Crippen LogP contribution is 2.25. The molecule has 2 aromatic rings. The Labute approximate surface area is 145 Å². The first kappa shape index (κ1) is 18.1. The maximum absolute atomic E-state index is 12.5. The number of nitrogens with one attached hydrogen (secondary N) is 1. The van der Waals surface area contributed by atoms with E-state index >= 15 is 0 Å². The summed E-state index contributed by atoms with van der Waals surface area (Å²) in [4.78, 5) is 23.2. The lowest BCUT2D eigenvalue weighted by Crippen LogP contribution is -2.30. The number of aliphatic carboxylic acids is 1. The molecule has 0 fully saturated rings. The first-order chi connectivity index (χ1) is 11.5. The summed E-state index contributed by atoms with van der Waals surface area (Å²) in [6.45, 7) is 3.78. The van der Waals surface area contributed by atoms with Gasteiger partial charge in [0.05, 0.1) is 5.25 Å². The van der Waals surface area contributed by atoms with Crippen LogP contribution in [0.2, 0.25) is 0 Å². The molecule has 0 saturated carbocycles. The number of nitrogens with zero attached hydrogens (tertiary/aromatic N) is 2. The van der Waals surface area contributed by atoms with E-state index in [4.69, 9.17) is 5.11 Å². The molecule has 7 heteroatoms. The molecule has 0 aliphatic heterocycles. The van der Waals surface area contributed by atoms with Crippen LogP contribution in [0.15, 0.2) is 42.6 Å². The van der Waals surface area contributed by atoms with E-state index in [2.05, 4.69) is 10.4 Å². The molecule has 0 radical (unpaired) electrons. The van der Waals surface area contributed by atoms with Gasteiger partial charge in [0.1, 0.15) is 6.54 Å². The standard InChI is InChI=1S/C17H21N3O3S/c1-12(2)16(24-11-13-6-4-3-5-7-13)17(23)18-14-8-9-20(19-14)10-15(21)22/h3-9,12,16H,10-11H2,1-2H3,(H,21,22)(H,18,19,23). The molecule has 0 aliphatic carbocycles. The summed E-state index contributed by atoms with van der Waals surface area (Å²) in [5, 5.41) is 15.3. The van der Waals surface area contributed by atoms with Crippen LogP contribution in [0.5, 0.6) is 0 Å². The van der Waals surface area contributed by atoms with Gasteiger partial charge in [-0.2, -0.15) is 5.10 Å². The number of rotatable bonds is 8. The molecule has 0 saturated heterocycles. The maximum Gasteiger partial charge on any atom is 0.325 e. The van der Waals surface area contributed by atoms with E-state index in [-0.39, 0.29) is 23.6 Å². The Morgan fingerprint density at radius 1 is 1.25 bits per heavy atom. The molecule has 1 aromatic heterocycles. The summed E-state index contributed by atoms with van der Waals surface area (Å²) in [6, 6.07) is 11.6. The van der Waals surface area contributed by atoms with Crippen molar-refractivity contribution < 1.29 is 14.7 Å². The highest BCUT2D eigenvalue weighted by Gasteiger charge is 2.23. The fourth-order valence-electron chi connectivity index (χ4n) is 2.18. The zero-order valence-corrected chi connectivity index (χ0v) is 14.5. The number of benzene rings is 1. The number of amides is 1. The Morgan fingerprint density at radius 2 is 1.96 bits per heavy atom. The van der Waals surface area contributed by atoms with Crippen molar-refractivity contribution in [2.45, 2.75) is 31.4 Å². The highest BCUT2D eigenvalue weighted by molar-refractivity contribution is 7.99. The average Bonchev–Trinajstić information content (AvgIpc) is 2.94. The Hall–Kier alpha value is -2.28. The number of carboxylic acid groups (broad SMARTS) is 1. The summed E-state index contributed by atoms with van der Waals surface area (Å²) in [5.41, 5.74) is 1.17. The zero-order valence-electron chi connectivity index (χ0n) is 13.7. The SMILES string of the molecule is CC(C)C(SCc1ccccc1)C(=O)Nc1ccn(CC(=O)O)n1. The Balaban J connectivity index is 1.95. The van der Waals surface area contributed by atoms with Crippen molar-refractivity contribution in [2.75, 3.05) is 5.32 Å². The molecule has 24 heavy (non-hydrogen) atoms. The van der Waals surface area contributed by atoms with E-state index in [0.717, 1.165) is 5.75 Å². The van der Waals surface area contributed by atoms with Gasteiger partial charge < -0.3 is 10.4 Å². The zero-order chi connectivity index (χ0) is 17.5. The molecule has 128 valence electrons. The van der Waals surface area contributed by atoms with Gasteiger partial charge in [-0.25, -0.2) is 0 Å². The largest absolute Gasteiger partial charge is 0.480 e. The van der Waals surface area contributed by atoms with E-state index in [1.807, 2.05) is 44.2 Å². The van der Waals surface area contributed by atoms with Crippen LogP contribution in [0.1, 0.15) is 19.4 Å². The molecule has 1 heterocycles. The van der Waals surface area contributed by atoms with Crippen LogP contribution < -0.4 is 5.32 Å². The molecule has 1 amide bonds. The Kier molecular flexibility index (Phi) is 6.43. The van der Waals surface area contributed by atoms with Crippen molar-refractivity contribution in [3.63, 3.8) is 0 Å². The van der Waals surface area contributed by atoms with E-state index in [1.165, 1.54) is 16.4 Å². The van der Waals surface area contributed by atoms with Crippen LogP contribution >= 0.6 is 11.8 Å². The number of carboxylic acids is 1. The number of hydrogen-bond donors (Lipinski definition) is 2. The van der Waals surface area contributed by atoms with Crippen LogP contribution in [-0.2, 0) is 21.9 Å². The summed E-state index contributed by atoms with van der Waals surface area (Å²) in [6.07, 6.45) is 1.53. The minimum Gasteiger partial charge on any atom is -0.480 e. The molecule has 0 bridgehead atoms. The van der Waals surface area contributed by atoms with Crippen molar-refractivity contribution in [1.29, 1.82) is 0 Å². The molecule has 2 rings (SSSR count). The topological polar surface area (TPSA) is 84.2 Å². The third-order valence-corrected chi connectivity index (χ3v) is 4.94. The second-order valence-electron chi connectivity index (χ2n) is 5.74. The summed E-state index contributed by atoms with van der Waals surface area (Å²) in [7, 11) is 0. The first-order valence-corrected chi connectivity index (χ1v) is 8.72. The van der Waals surface area contributed by atoms with Gasteiger partial charge in [-0.3, -0.25) is 14.3 Å². The second-order valence-corrected chi connectivity index (χ2v) is 6.87. The van der Waals surface area contributed by atoms with E-state index < -0.39 is 5.97 Å². The lowest BCUT2D eigenvalue weighted by Gasteiger charge is -2.19. The smallest absolute Gasteiger partial charge is 0.325 e. The highest BCUT2D eigenvalue weighted by atomic mass is 32.2. The normalized spacial score (nSPS) is 12.1. The molecule has 1 atom stereocenters. The average molecular weight is 347 g/mol. The third-order valence-electron chi connectivity index (χ3n) is 3.33. The molecular formula is C17H21N3O3S. The monoisotopic (exact) mass is 347 g/mol. The molecule has 6 nitrogen and oxygen atoms in total. The number of carbonyl (C=O) groups is 2. The first-order valence-electron chi connectivity index (χ1n) is 7.67. The molecule has 1 unspecified atom stereocenters. The minimum atomic E-state index is -0.977. The van der Waals surface area contributed by atoms with Crippen molar-refractivity contribution in [3.05, 3.63) is 48.2 Å². The number of carbonyl (C=O) groups excluding carboxylic acids is 1. The van der Waals surface area contributed by atoms with Crippen LogP contribution in [0.4, 0.5) is 5.82 Å². The second kappa shape index (κ2) is 8.54. The van der Waals surface area contributed by atoms with Gasteiger partial charge in [0.15, 0.2) is 5.82 Å². The fourth-order valence-corrected chi connectivity index (χ4v) is 3.34. The van der Waals surface area contributed by atoms with E-state index in [0.29, 0.717) is 5.82 Å². The van der Waals surface area contributed by atoms with Gasteiger partial charge in [0, 0.05) is 18.0 Å². The van der Waals surface area contributed by atoms with Crippen LogP contribution in [0.25, 0.3) is 0 Å². The molecule has 2 N–H and O–H groups in total. The van der Waals surface area contributed by atoms with Crippen molar-refractivity contribution in [1.82, 2.24) is 9.78 Å². The van der Waals surface area contributed by atoms with Gasteiger partial charge in [-0.1, -0.05) is 44.2 Å². The molecular weight excluding hydrogens is 326 g/mol. The number of aromatic nitrogens is 2. The quantitative estimate of drug-likeness (QED) is 0.767. The van der Waals surface area contributed by atoms with E-state index in [1.54, 1.807) is 17.8 Å². The lowest BCUT2D eigenvalue weighted by atomic mass is 10.1. The van der Waals surface area contributed by atoms with E-state index in [9.17, 15) is 9.59 Å². The maximum atomic E-state index is 12.5. The minimum absolute atomic E-state index is 0.119. The van der Waals surface area contributed by atoms with Gasteiger partial charge in [-0.05, 0) is 11.5 Å². The number of thioether (sulfide) groups is 1. The van der Waals surface area contributed by atoms with Crippen LogP contribution in [0.3, 0.4) is 0 Å². The Bertz CT molecular complexity index is 685. The van der Waals surface area contributed by atoms with Gasteiger partial charge >= 0.3 is 5.97 Å². The van der Waals surface area contributed by atoms with Gasteiger partial charge in [0.2, 0.25) is 5.91 Å². The van der Waals surface area contributed by atoms with Crippen molar-refractivity contribution in [3.8, 4) is 0 Å². The predicted octanol–water partition coefficient (Wildman–Crippen LogP) is 2.86. The summed E-state index contributed by atoms with van der Waals surface area (Å²) in [5.74, 6) is 0.192. The van der Waals surface area contributed by atoms with Crippen molar-refractivity contribution in [2.24, 2.45) is 5.92 Å². The van der Waals surface area contributed by atoms with Crippen LogP contribution in [0, 0.1) is 5.92 Å². The van der Waals surface area contributed by atoms with Crippen molar-refractivity contribution >= 4 is 29.5 Å². The molecule has 0 aliphatic rings. The molecule has 0 spiro atoms. The van der Waals surface area contributed by atoms with Gasteiger partial charge in [-0.15, -0.1) is 11.8 Å². The van der Waals surface area contributed by atoms with Crippen LogP contribution in [-0.4, -0.2) is 32.0 Å². The third kappa shape index (κ3) is 5.42. The summed E-state index contributed by atoms with van der Waals surface area (Å²) >= 11 is 1.59. The number of anilines is 1. The summed E-state index contributed by atoms with van der Waals surface area (Å²) < 4.78 is 1.28. The predicted molar refractivity (Wildman–Crippen MR) is 94.9 cm³/mol. The number of hydrogen-bond acceptors (Lipinski definition) is 4. The molecule has 1 aromatic carbocycles. The fraction of sp³-hybridized carbons (Fsp3) is 0.353. The lowest BCUT2D eigenvalue weighted by molar-refractivity contribution is -0.137. The Morgan fingerprint density at radius 3 is 2.58 bits per heavy atom. The van der Waals surface area contributed by atoms with Gasteiger partial charge in [0.25, 0.3) is 0 Å².